The van der Waals surface area contributed by atoms with Crippen molar-refractivity contribution in [2.75, 3.05) is 0 Å². The maximum Gasteiger partial charge on any atom is 0.262 e. The highest BCUT2D eigenvalue weighted by atomic mass is 79.9. The lowest BCUT2D eigenvalue weighted by molar-refractivity contribution is 0.609. The highest BCUT2D eigenvalue weighted by molar-refractivity contribution is 9.10. The minimum absolute atomic E-state index is 0.0562. The summed E-state index contributed by atoms with van der Waals surface area (Å²) in [6, 6.07) is 4.59. The molecule has 6 heteroatoms. The minimum atomic E-state index is -3.87. The Kier molecular flexibility index (Phi) is 3.20. The zero-order valence-corrected chi connectivity index (χ0v) is 10.2. The van der Waals surface area contributed by atoms with Gasteiger partial charge in [0.2, 0.25) is 0 Å². The number of hydrogen-bond acceptors (Lipinski definition) is 3. The summed E-state index contributed by atoms with van der Waals surface area (Å²) in [5, 5.41) is 8.71. The van der Waals surface area contributed by atoms with Gasteiger partial charge in [-0.1, -0.05) is 15.9 Å². The standard InChI is InChI=1S/C8H5BrClNO2S/c1-5-2-6(4-11)8(3-7(5)9)14(10,12)13/h2-3H,1H3. The Labute approximate surface area is 94.9 Å². The van der Waals surface area contributed by atoms with E-state index in [9.17, 15) is 8.42 Å². The first-order valence-electron chi connectivity index (χ1n) is 3.51. The Morgan fingerprint density at radius 3 is 2.50 bits per heavy atom. The van der Waals surface area contributed by atoms with Gasteiger partial charge in [-0.25, -0.2) is 8.42 Å². The Balaban J connectivity index is 3.61. The molecule has 74 valence electrons. The van der Waals surface area contributed by atoms with Crippen LogP contribution in [-0.4, -0.2) is 8.42 Å². The summed E-state index contributed by atoms with van der Waals surface area (Å²) < 4.78 is 22.7. The SMILES string of the molecule is Cc1cc(C#N)c(S(=O)(=O)Cl)cc1Br. The number of benzene rings is 1. The van der Waals surface area contributed by atoms with E-state index < -0.39 is 9.05 Å². The highest BCUT2D eigenvalue weighted by Crippen LogP contribution is 2.26. The van der Waals surface area contributed by atoms with Crippen molar-refractivity contribution in [3.63, 3.8) is 0 Å². The summed E-state index contributed by atoms with van der Waals surface area (Å²) in [7, 11) is 1.30. The zero-order chi connectivity index (χ0) is 10.9. The molecule has 14 heavy (non-hydrogen) atoms. The Morgan fingerprint density at radius 1 is 1.50 bits per heavy atom. The van der Waals surface area contributed by atoms with Crippen LogP contribution in [0, 0.1) is 18.3 Å². The van der Waals surface area contributed by atoms with Crippen molar-refractivity contribution in [3.05, 3.63) is 27.7 Å². The molecule has 0 heterocycles. The smallest absolute Gasteiger partial charge is 0.207 e. The average Bonchev–Trinajstić information content (AvgIpc) is 2.07. The molecule has 0 bridgehead atoms. The van der Waals surface area contributed by atoms with Gasteiger partial charge in [-0.15, -0.1) is 0 Å². The average molecular weight is 295 g/mol. The Hall–Kier alpha value is -0.570. The van der Waals surface area contributed by atoms with Gasteiger partial charge in [-0.3, -0.25) is 0 Å². The Morgan fingerprint density at radius 2 is 2.07 bits per heavy atom. The molecule has 0 radical (unpaired) electrons. The van der Waals surface area contributed by atoms with Gasteiger partial charge in [-0.2, -0.15) is 5.26 Å². The molecular weight excluding hydrogens is 290 g/mol. The third-order valence-corrected chi connectivity index (χ3v) is 3.86. The van der Waals surface area contributed by atoms with Crippen LogP contribution in [0.4, 0.5) is 0 Å². The largest absolute Gasteiger partial charge is 0.262 e. The molecule has 0 N–H and O–H groups in total. The molecule has 1 aromatic rings. The van der Waals surface area contributed by atoms with Crippen LogP contribution in [0.3, 0.4) is 0 Å². The van der Waals surface area contributed by atoms with E-state index in [1.165, 1.54) is 12.1 Å². The van der Waals surface area contributed by atoms with Crippen LogP contribution in [-0.2, 0) is 9.05 Å². The minimum Gasteiger partial charge on any atom is -0.207 e. The van der Waals surface area contributed by atoms with Gasteiger partial charge in [0.05, 0.1) is 5.56 Å². The second kappa shape index (κ2) is 3.89. The summed E-state index contributed by atoms with van der Waals surface area (Å²) >= 11 is 3.17. The second-order valence-electron chi connectivity index (χ2n) is 2.65. The summed E-state index contributed by atoms with van der Waals surface area (Å²) in [6.07, 6.45) is 0. The fourth-order valence-electron chi connectivity index (χ4n) is 0.952. The topological polar surface area (TPSA) is 57.9 Å². The molecule has 0 aromatic heterocycles. The molecule has 0 unspecified atom stereocenters. The van der Waals surface area contributed by atoms with E-state index >= 15 is 0 Å². The molecule has 1 aromatic carbocycles. The predicted molar refractivity (Wildman–Crippen MR) is 56.6 cm³/mol. The summed E-state index contributed by atoms with van der Waals surface area (Å²) in [4.78, 5) is -0.167. The van der Waals surface area contributed by atoms with Crippen LogP contribution in [0.2, 0.25) is 0 Å². The van der Waals surface area contributed by atoms with Crippen molar-refractivity contribution in [3.8, 4) is 6.07 Å². The first-order valence-corrected chi connectivity index (χ1v) is 6.61. The van der Waals surface area contributed by atoms with Crippen LogP contribution in [0.5, 0.6) is 0 Å². The Bertz CT molecular complexity index is 519. The molecule has 0 saturated heterocycles. The van der Waals surface area contributed by atoms with Crippen LogP contribution in [0.1, 0.15) is 11.1 Å². The monoisotopic (exact) mass is 293 g/mol. The summed E-state index contributed by atoms with van der Waals surface area (Å²) in [6.45, 7) is 1.76. The molecule has 3 nitrogen and oxygen atoms in total. The number of halogens is 2. The molecule has 0 saturated carbocycles. The molecule has 0 atom stereocenters. The third kappa shape index (κ3) is 2.27. The van der Waals surface area contributed by atoms with E-state index in [0.717, 1.165) is 5.56 Å². The van der Waals surface area contributed by atoms with Crippen molar-refractivity contribution in [2.45, 2.75) is 11.8 Å². The number of aryl methyl sites for hydroxylation is 1. The van der Waals surface area contributed by atoms with Gasteiger partial charge in [-0.05, 0) is 24.6 Å². The summed E-state index contributed by atoms with van der Waals surface area (Å²) in [5.41, 5.74) is 0.839. The van der Waals surface area contributed by atoms with Crippen LogP contribution in [0.15, 0.2) is 21.5 Å². The van der Waals surface area contributed by atoms with Crippen molar-refractivity contribution < 1.29 is 8.42 Å². The van der Waals surface area contributed by atoms with Gasteiger partial charge < -0.3 is 0 Å². The first kappa shape index (κ1) is 11.5. The zero-order valence-electron chi connectivity index (χ0n) is 7.08. The maximum atomic E-state index is 11.1. The number of nitrogens with zero attached hydrogens (tertiary/aromatic N) is 1. The van der Waals surface area contributed by atoms with Crippen LogP contribution < -0.4 is 0 Å². The number of hydrogen-bond donors (Lipinski definition) is 0. The second-order valence-corrected chi connectivity index (χ2v) is 6.04. The molecule has 0 spiro atoms. The lowest BCUT2D eigenvalue weighted by Gasteiger charge is -2.03. The fourth-order valence-corrected chi connectivity index (χ4v) is 2.46. The molecule has 0 aliphatic rings. The van der Waals surface area contributed by atoms with Gasteiger partial charge >= 0.3 is 0 Å². The van der Waals surface area contributed by atoms with Crippen LogP contribution >= 0.6 is 26.6 Å². The third-order valence-electron chi connectivity index (χ3n) is 1.64. The number of rotatable bonds is 1. The van der Waals surface area contributed by atoms with E-state index in [1.54, 1.807) is 13.0 Å². The van der Waals surface area contributed by atoms with Gasteiger partial charge in [0.15, 0.2) is 0 Å². The van der Waals surface area contributed by atoms with Gasteiger partial charge in [0.25, 0.3) is 9.05 Å². The van der Waals surface area contributed by atoms with Crippen molar-refractivity contribution in [1.29, 1.82) is 5.26 Å². The molecule has 0 fully saturated rings. The van der Waals surface area contributed by atoms with E-state index in [-0.39, 0.29) is 10.5 Å². The van der Waals surface area contributed by atoms with E-state index in [1.807, 2.05) is 0 Å². The van der Waals surface area contributed by atoms with E-state index in [2.05, 4.69) is 15.9 Å². The summed E-state index contributed by atoms with van der Waals surface area (Å²) in [5.74, 6) is 0. The quantitative estimate of drug-likeness (QED) is 0.748. The maximum absolute atomic E-state index is 11.1. The van der Waals surface area contributed by atoms with Gasteiger partial charge in [0.1, 0.15) is 11.0 Å². The van der Waals surface area contributed by atoms with E-state index in [0.29, 0.717) is 4.47 Å². The normalized spacial score (nSPS) is 11.0. The van der Waals surface area contributed by atoms with Gasteiger partial charge in [0, 0.05) is 15.2 Å². The van der Waals surface area contributed by atoms with Crippen molar-refractivity contribution in [2.24, 2.45) is 0 Å². The molecular formula is C8H5BrClNO2S. The first-order chi connectivity index (χ1) is 6.36. The molecule has 1 rings (SSSR count). The molecule has 0 aliphatic carbocycles. The molecule has 0 aliphatic heterocycles. The number of nitriles is 1. The highest BCUT2D eigenvalue weighted by Gasteiger charge is 2.17. The van der Waals surface area contributed by atoms with Crippen LogP contribution in [0.25, 0.3) is 0 Å². The van der Waals surface area contributed by atoms with Crippen molar-refractivity contribution in [1.82, 2.24) is 0 Å². The predicted octanol–water partition coefficient (Wildman–Crippen LogP) is 2.56. The van der Waals surface area contributed by atoms with E-state index in [4.69, 9.17) is 15.9 Å². The molecule has 0 amide bonds. The fraction of sp³-hybridized carbons (Fsp3) is 0.125. The van der Waals surface area contributed by atoms with Crippen molar-refractivity contribution >= 4 is 35.7 Å². The lowest BCUT2D eigenvalue weighted by Crippen LogP contribution is -1.96. The lowest BCUT2D eigenvalue weighted by atomic mass is 10.1.